The average Bonchev–Trinajstić information content (AvgIpc) is 3.11. The van der Waals surface area contributed by atoms with Crippen molar-refractivity contribution >= 4 is 17.3 Å². The molecule has 3 rings (SSSR count). The number of rotatable bonds is 6. The van der Waals surface area contributed by atoms with Gasteiger partial charge in [-0.05, 0) is 49.2 Å². The first-order chi connectivity index (χ1) is 12.6. The molecule has 0 fully saturated rings. The van der Waals surface area contributed by atoms with Crippen LogP contribution in [0.2, 0.25) is 0 Å². The van der Waals surface area contributed by atoms with Crippen LogP contribution in [0.25, 0.3) is 21.8 Å². The Labute approximate surface area is 156 Å². The molecule has 6 heteroatoms. The molecule has 2 heterocycles. The minimum atomic E-state index is -0.489. The van der Waals surface area contributed by atoms with Gasteiger partial charge in [-0.3, -0.25) is 14.8 Å². The SMILES string of the molecule is CCCc1cc(-c2nc(-c3ccc(OOC(C)=O)c(C)c3)cs2)ccn1. The third-order valence-electron chi connectivity index (χ3n) is 3.79. The molecule has 0 N–H and O–H groups in total. The second-order valence-corrected chi connectivity index (χ2v) is 6.82. The van der Waals surface area contributed by atoms with Gasteiger partial charge in [-0.15, -0.1) is 11.3 Å². The summed E-state index contributed by atoms with van der Waals surface area (Å²) in [5.41, 5.74) is 4.94. The Kier molecular flexibility index (Phi) is 5.63. The van der Waals surface area contributed by atoms with Crippen molar-refractivity contribution in [3.8, 4) is 27.6 Å². The van der Waals surface area contributed by atoms with Gasteiger partial charge in [-0.1, -0.05) is 13.3 Å². The molecule has 2 aromatic heterocycles. The van der Waals surface area contributed by atoms with Crippen LogP contribution >= 0.6 is 11.3 Å². The molecular weight excluding hydrogens is 348 g/mol. The number of thiazole rings is 1. The number of carbonyl (C=O) groups excluding carboxylic acids is 1. The number of carbonyl (C=O) groups is 1. The number of hydrogen-bond donors (Lipinski definition) is 0. The fourth-order valence-electron chi connectivity index (χ4n) is 2.55. The smallest absolute Gasteiger partial charge is 0.287 e. The standard InChI is InChI=1S/C20H20N2O3S/c1-4-5-17-11-16(8-9-21-17)20-22-18(12-26-20)15-6-7-19(13(2)10-15)25-24-14(3)23/h6-12H,4-5H2,1-3H3. The molecule has 0 bridgehead atoms. The fraction of sp³-hybridized carbons (Fsp3) is 0.250. The highest BCUT2D eigenvalue weighted by atomic mass is 32.1. The third kappa shape index (κ3) is 4.26. The van der Waals surface area contributed by atoms with Gasteiger partial charge in [0.25, 0.3) is 0 Å². The first-order valence-electron chi connectivity index (χ1n) is 8.43. The number of nitrogens with zero attached hydrogens (tertiary/aromatic N) is 2. The van der Waals surface area contributed by atoms with Crippen LogP contribution in [0.4, 0.5) is 0 Å². The molecule has 26 heavy (non-hydrogen) atoms. The van der Waals surface area contributed by atoms with Gasteiger partial charge in [0.15, 0.2) is 5.75 Å². The van der Waals surface area contributed by atoms with Gasteiger partial charge in [0.05, 0.1) is 5.69 Å². The lowest BCUT2D eigenvalue weighted by Gasteiger charge is -2.07. The minimum Gasteiger partial charge on any atom is -0.287 e. The molecule has 0 saturated carbocycles. The van der Waals surface area contributed by atoms with Crippen molar-refractivity contribution < 1.29 is 14.6 Å². The van der Waals surface area contributed by atoms with Crippen LogP contribution < -0.4 is 4.89 Å². The second kappa shape index (κ2) is 8.10. The van der Waals surface area contributed by atoms with Gasteiger partial charge in [0.2, 0.25) is 0 Å². The maximum Gasteiger partial charge on any atom is 0.352 e. The zero-order chi connectivity index (χ0) is 18.5. The normalized spacial score (nSPS) is 10.6. The lowest BCUT2D eigenvalue weighted by atomic mass is 10.1. The molecule has 0 aliphatic rings. The van der Waals surface area contributed by atoms with Crippen LogP contribution in [0.15, 0.2) is 41.9 Å². The lowest BCUT2D eigenvalue weighted by Crippen LogP contribution is -2.03. The molecule has 0 saturated heterocycles. The summed E-state index contributed by atoms with van der Waals surface area (Å²) in [7, 11) is 0. The molecule has 134 valence electrons. The number of aromatic nitrogens is 2. The van der Waals surface area contributed by atoms with Crippen molar-refractivity contribution in [1.82, 2.24) is 9.97 Å². The molecule has 0 radical (unpaired) electrons. The van der Waals surface area contributed by atoms with Crippen molar-refractivity contribution in [2.75, 3.05) is 0 Å². The van der Waals surface area contributed by atoms with Crippen molar-refractivity contribution in [1.29, 1.82) is 0 Å². The molecule has 0 aliphatic carbocycles. The van der Waals surface area contributed by atoms with E-state index in [-0.39, 0.29) is 0 Å². The zero-order valence-corrected chi connectivity index (χ0v) is 15.8. The topological polar surface area (TPSA) is 61.3 Å². The maximum atomic E-state index is 10.9. The molecule has 0 amide bonds. The van der Waals surface area contributed by atoms with Crippen LogP contribution in [0.5, 0.6) is 5.75 Å². The predicted octanol–water partition coefficient (Wildman–Crippen LogP) is 4.99. The highest BCUT2D eigenvalue weighted by Gasteiger charge is 2.10. The maximum absolute atomic E-state index is 10.9. The predicted molar refractivity (Wildman–Crippen MR) is 102 cm³/mol. The molecule has 0 spiro atoms. The van der Waals surface area contributed by atoms with Gasteiger partial charge in [-0.25, -0.2) is 9.78 Å². The average molecular weight is 368 g/mol. The Bertz CT molecular complexity index is 921. The van der Waals surface area contributed by atoms with Gasteiger partial charge in [0.1, 0.15) is 5.01 Å². The van der Waals surface area contributed by atoms with E-state index in [9.17, 15) is 4.79 Å². The van der Waals surface area contributed by atoms with Crippen LogP contribution in [-0.4, -0.2) is 15.9 Å². The molecular formula is C20H20N2O3S. The van der Waals surface area contributed by atoms with E-state index < -0.39 is 5.97 Å². The van der Waals surface area contributed by atoms with Crippen molar-refractivity contribution in [2.24, 2.45) is 0 Å². The van der Waals surface area contributed by atoms with Gasteiger partial charge in [0, 0.05) is 35.3 Å². The van der Waals surface area contributed by atoms with E-state index in [1.54, 1.807) is 17.4 Å². The lowest BCUT2D eigenvalue weighted by molar-refractivity contribution is -0.211. The van der Waals surface area contributed by atoms with Gasteiger partial charge in [-0.2, -0.15) is 0 Å². The Morgan fingerprint density at radius 2 is 2.04 bits per heavy atom. The summed E-state index contributed by atoms with van der Waals surface area (Å²) in [4.78, 5) is 29.6. The first kappa shape index (κ1) is 18.1. The van der Waals surface area contributed by atoms with E-state index in [1.165, 1.54) is 6.92 Å². The molecule has 3 aromatic rings. The first-order valence-corrected chi connectivity index (χ1v) is 9.31. The molecule has 0 atom stereocenters. The zero-order valence-electron chi connectivity index (χ0n) is 15.0. The monoisotopic (exact) mass is 368 g/mol. The number of hydrogen-bond acceptors (Lipinski definition) is 6. The largest absolute Gasteiger partial charge is 0.352 e. The van der Waals surface area contributed by atoms with Crippen LogP contribution in [0.3, 0.4) is 0 Å². The van der Waals surface area contributed by atoms with E-state index in [1.807, 2.05) is 36.7 Å². The van der Waals surface area contributed by atoms with E-state index in [2.05, 4.69) is 22.9 Å². The fourth-order valence-corrected chi connectivity index (χ4v) is 3.37. The number of aryl methyl sites for hydroxylation is 2. The van der Waals surface area contributed by atoms with E-state index >= 15 is 0 Å². The van der Waals surface area contributed by atoms with Crippen LogP contribution in [0.1, 0.15) is 31.5 Å². The van der Waals surface area contributed by atoms with Gasteiger partial charge >= 0.3 is 5.97 Å². The Morgan fingerprint density at radius 1 is 1.19 bits per heavy atom. The molecule has 5 nitrogen and oxygen atoms in total. The molecule has 0 aliphatic heterocycles. The van der Waals surface area contributed by atoms with Gasteiger partial charge < -0.3 is 0 Å². The number of benzene rings is 1. The van der Waals surface area contributed by atoms with Crippen LogP contribution in [-0.2, 0) is 16.1 Å². The van der Waals surface area contributed by atoms with E-state index in [0.717, 1.165) is 45.9 Å². The van der Waals surface area contributed by atoms with E-state index in [4.69, 9.17) is 9.87 Å². The highest BCUT2D eigenvalue weighted by molar-refractivity contribution is 7.13. The quantitative estimate of drug-likeness (QED) is 0.453. The minimum absolute atomic E-state index is 0.489. The van der Waals surface area contributed by atoms with Crippen LogP contribution in [0, 0.1) is 6.92 Å². The summed E-state index contributed by atoms with van der Waals surface area (Å²) >= 11 is 1.61. The Hall–Kier alpha value is -2.73. The van der Waals surface area contributed by atoms with Crippen molar-refractivity contribution in [2.45, 2.75) is 33.6 Å². The Morgan fingerprint density at radius 3 is 2.77 bits per heavy atom. The Balaban J connectivity index is 1.82. The molecule has 1 aromatic carbocycles. The van der Waals surface area contributed by atoms with Crippen molar-refractivity contribution in [3.05, 3.63) is 53.2 Å². The molecule has 0 unspecified atom stereocenters. The summed E-state index contributed by atoms with van der Waals surface area (Å²) in [5.74, 6) is 0.0233. The summed E-state index contributed by atoms with van der Waals surface area (Å²) in [6, 6.07) is 9.74. The number of pyridine rings is 1. The van der Waals surface area contributed by atoms with Crippen molar-refractivity contribution in [3.63, 3.8) is 0 Å². The summed E-state index contributed by atoms with van der Waals surface area (Å²) in [6.07, 6.45) is 3.88. The summed E-state index contributed by atoms with van der Waals surface area (Å²) < 4.78 is 0. The highest BCUT2D eigenvalue weighted by Crippen LogP contribution is 2.31. The summed E-state index contributed by atoms with van der Waals surface area (Å²) in [5, 5.41) is 3.01. The second-order valence-electron chi connectivity index (χ2n) is 5.96. The third-order valence-corrected chi connectivity index (χ3v) is 4.68. The summed E-state index contributed by atoms with van der Waals surface area (Å²) in [6.45, 7) is 5.34. The van der Waals surface area contributed by atoms with E-state index in [0.29, 0.717) is 5.75 Å².